The van der Waals surface area contributed by atoms with E-state index in [1.807, 2.05) is 0 Å². The largest absolute Gasteiger partial charge is 0.370 e. The van der Waals surface area contributed by atoms with E-state index in [4.69, 9.17) is 11.5 Å². The van der Waals surface area contributed by atoms with Crippen molar-refractivity contribution in [1.82, 2.24) is 0 Å². The van der Waals surface area contributed by atoms with Crippen molar-refractivity contribution in [2.45, 2.75) is 6.42 Å². The van der Waals surface area contributed by atoms with E-state index in [0.717, 1.165) is 17.1 Å². The van der Waals surface area contributed by atoms with Crippen LogP contribution in [0.2, 0.25) is 0 Å². The Balaban J connectivity index is 2.33. The number of ketones is 1. The van der Waals surface area contributed by atoms with Crippen LogP contribution in [0.25, 0.3) is 0 Å². The summed E-state index contributed by atoms with van der Waals surface area (Å²) in [4.78, 5) is 58.9. The highest BCUT2D eigenvalue weighted by molar-refractivity contribution is 6.28. The molecule has 0 spiro atoms. The van der Waals surface area contributed by atoms with Crippen LogP contribution in [-0.2, 0) is 19.2 Å². The minimum atomic E-state index is -1.40. The van der Waals surface area contributed by atoms with E-state index < -0.39 is 41.8 Å². The van der Waals surface area contributed by atoms with E-state index >= 15 is 0 Å². The summed E-state index contributed by atoms with van der Waals surface area (Å²) in [6, 6.07) is 5.58. The first-order valence-electron chi connectivity index (χ1n) is 6.59. The fourth-order valence-electron chi connectivity index (χ4n) is 2.18. The molecule has 8 nitrogen and oxygen atoms in total. The summed E-state index contributed by atoms with van der Waals surface area (Å²) in [7, 11) is 0. The number of amides is 4. The number of carbonyl (C=O) groups is 5. The third-order valence-electron chi connectivity index (χ3n) is 3.26. The Morgan fingerprint density at radius 1 is 1.04 bits per heavy atom. The molecule has 0 saturated heterocycles. The number of hydrogen-bond acceptors (Lipinski definition) is 5. The number of primary amides is 2. The smallest absolute Gasteiger partial charge is 0.258 e. The van der Waals surface area contributed by atoms with E-state index in [9.17, 15) is 24.0 Å². The van der Waals surface area contributed by atoms with Gasteiger partial charge in [-0.15, -0.1) is 0 Å². The van der Waals surface area contributed by atoms with E-state index in [0.29, 0.717) is 0 Å². The molecule has 0 aliphatic carbocycles. The standard InChI is InChI=1S/C15H13N3O5/c16-11(19)7-10(15(17)23)14(22)8-2-1-3-9(6-8)18-12(20)4-5-13(18)21/h1-6,10H,7H2,(H2,16,19)(H2,17,23). The Morgan fingerprint density at radius 2 is 1.65 bits per heavy atom. The normalized spacial score (nSPS) is 14.9. The molecule has 0 radical (unpaired) electrons. The van der Waals surface area contributed by atoms with Gasteiger partial charge < -0.3 is 11.5 Å². The van der Waals surface area contributed by atoms with Gasteiger partial charge in [-0.25, -0.2) is 4.90 Å². The average Bonchev–Trinajstić information content (AvgIpc) is 2.83. The highest BCUT2D eigenvalue weighted by Crippen LogP contribution is 2.22. The number of anilines is 1. The molecular formula is C15H13N3O5. The average molecular weight is 315 g/mol. The van der Waals surface area contributed by atoms with Gasteiger partial charge in [-0.2, -0.15) is 0 Å². The topological polar surface area (TPSA) is 141 Å². The summed E-state index contributed by atoms with van der Waals surface area (Å²) in [5, 5.41) is 0. The molecule has 1 aromatic carbocycles. The molecule has 4 N–H and O–H groups in total. The number of benzene rings is 1. The van der Waals surface area contributed by atoms with Crippen molar-refractivity contribution in [2.75, 3.05) is 4.90 Å². The Morgan fingerprint density at radius 3 is 2.17 bits per heavy atom. The number of nitrogens with two attached hydrogens (primary N) is 2. The third kappa shape index (κ3) is 3.31. The van der Waals surface area contributed by atoms with Crippen LogP contribution in [0.3, 0.4) is 0 Å². The number of nitrogens with zero attached hydrogens (tertiary/aromatic N) is 1. The number of imide groups is 1. The molecule has 23 heavy (non-hydrogen) atoms. The lowest BCUT2D eigenvalue weighted by atomic mass is 9.93. The minimum absolute atomic E-state index is 0.0417. The van der Waals surface area contributed by atoms with Crippen LogP contribution in [0.4, 0.5) is 5.69 Å². The molecule has 0 saturated carbocycles. The molecule has 1 heterocycles. The third-order valence-corrected chi connectivity index (χ3v) is 3.26. The molecule has 1 aromatic rings. The molecule has 118 valence electrons. The number of Topliss-reactive ketones (excluding diaryl/α,β-unsaturated/α-hetero) is 1. The lowest BCUT2D eigenvalue weighted by Crippen LogP contribution is -2.34. The van der Waals surface area contributed by atoms with Crippen LogP contribution >= 0.6 is 0 Å². The van der Waals surface area contributed by atoms with Crippen LogP contribution in [0.1, 0.15) is 16.8 Å². The second-order valence-corrected chi connectivity index (χ2v) is 4.89. The zero-order chi connectivity index (χ0) is 17.1. The molecule has 0 aromatic heterocycles. The number of carbonyl (C=O) groups excluding carboxylic acids is 5. The molecule has 1 unspecified atom stereocenters. The van der Waals surface area contributed by atoms with Crippen LogP contribution in [0.5, 0.6) is 0 Å². The van der Waals surface area contributed by atoms with Crippen LogP contribution in [-0.4, -0.2) is 29.4 Å². The summed E-state index contributed by atoms with van der Waals surface area (Å²) in [5.41, 5.74) is 10.4. The summed E-state index contributed by atoms with van der Waals surface area (Å²) in [5.74, 6) is -5.00. The zero-order valence-corrected chi connectivity index (χ0v) is 11.9. The van der Waals surface area contributed by atoms with Gasteiger partial charge in [-0.05, 0) is 12.1 Å². The Hall–Kier alpha value is -3.29. The maximum atomic E-state index is 12.3. The first kappa shape index (κ1) is 16.1. The number of hydrogen-bond donors (Lipinski definition) is 2. The number of rotatable bonds is 6. The monoisotopic (exact) mass is 315 g/mol. The van der Waals surface area contributed by atoms with Crippen molar-refractivity contribution >= 4 is 35.1 Å². The summed E-state index contributed by atoms with van der Waals surface area (Å²) in [6.45, 7) is 0. The van der Waals surface area contributed by atoms with E-state index in [1.165, 1.54) is 24.3 Å². The predicted molar refractivity (Wildman–Crippen MR) is 78.9 cm³/mol. The van der Waals surface area contributed by atoms with Gasteiger partial charge in [0.05, 0.1) is 5.69 Å². The van der Waals surface area contributed by atoms with Crippen LogP contribution in [0, 0.1) is 5.92 Å². The minimum Gasteiger partial charge on any atom is -0.370 e. The van der Waals surface area contributed by atoms with Gasteiger partial charge in [0, 0.05) is 24.1 Å². The van der Waals surface area contributed by atoms with Crippen molar-refractivity contribution < 1.29 is 24.0 Å². The van der Waals surface area contributed by atoms with Crippen LogP contribution < -0.4 is 16.4 Å². The Bertz CT molecular complexity index is 735. The highest BCUT2D eigenvalue weighted by atomic mass is 16.2. The van der Waals surface area contributed by atoms with E-state index in [-0.39, 0.29) is 11.3 Å². The van der Waals surface area contributed by atoms with Gasteiger partial charge in [0.25, 0.3) is 11.8 Å². The molecule has 8 heteroatoms. The first-order valence-corrected chi connectivity index (χ1v) is 6.59. The summed E-state index contributed by atoms with van der Waals surface area (Å²) >= 11 is 0. The van der Waals surface area contributed by atoms with Gasteiger partial charge in [0.2, 0.25) is 11.8 Å². The molecule has 1 aliphatic rings. The van der Waals surface area contributed by atoms with Gasteiger partial charge >= 0.3 is 0 Å². The summed E-state index contributed by atoms with van der Waals surface area (Å²) in [6.07, 6.45) is 1.70. The molecule has 2 rings (SSSR count). The predicted octanol–water partition coefficient (Wildman–Crippen LogP) is -0.724. The Kier molecular flexibility index (Phi) is 4.35. The van der Waals surface area contributed by atoms with Gasteiger partial charge in [-0.1, -0.05) is 12.1 Å². The lowest BCUT2D eigenvalue weighted by Gasteiger charge is -2.16. The second-order valence-electron chi connectivity index (χ2n) is 4.89. The molecule has 0 fully saturated rings. The fourth-order valence-corrected chi connectivity index (χ4v) is 2.18. The maximum absolute atomic E-state index is 12.3. The molecule has 0 bridgehead atoms. The molecular weight excluding hydrogens is 302 g/mol. The molecule has 4 amide bonds. The lowest BCUT2D eigenvalue weighted by molar-refractivity contribution is -0.125. The SMILES string of the molecule is NC(=O)CC(C(N)=O)C(=O)c1cccc(N2C(=O)C=CC2=O)c1. The van der Waals surface area contributed by atoms with Gasteiger partial charge in [0.1, 0.15) is 5.92 Å². The maximum Gasteiger partial charge on any atom is 0.258 e. The fraction of sp³-hybridized carbons (Fsp3) is 0.133. The van der Waals surface area contributed by atoms with Gasteiger partial charge in [-0.3, -0.25) is 24.0 Å². The van der Waals surface area contributed by atoms with Crippen molar-refractivity contribution in [3.05, 3.63) is 42.0 Å². The van der Waals surface area contributed by atoms with Crippen molar-refractivity contribution in [3.8, 4) is 0 Å². The quantitative estimate of drug-likeness (QED) is 0.405. The van der Waals surface area contributed by atoms with Crippen molar-refractivity contribution in [1.29, 1.82) is 0 Å². The second kappa shape index (κ2) is 6.22. The van der Waals surface area contributed by atoms with E-state index in [1.54, 1.807) is 0 Å². The van der Waals surface area contributed by atoms with Crippen LogP contribution in [0.15, 0.2) is 36.4 Å². The summed E-state index contributed by atoms with van der Waals surface area (Å²) < 4.78 is 0. The zero-order valence-electron chi connectivity index (χ0n) is 11.9. The Labute approximate surface area is 130 Å². The highest BCUT2D eigenvalue weighted by Gasteiger charge is 2.29. The van der Waals surface area contributed by atoms with Crippen molar-refractivity contribution in [3.63, 3.8) is 0 Å². The first-order chi connectivity index (χ1) is 10.8. The van der Waals surface area contributed by atoms with E-state index in [2.05, 4.69) is 0 Å². The molecule has 1 atom stereocenters. The van der Waals surface area contributed by atoms with Gasteiger partial charge in [0.15, 0.2) is 5.78 Å². The van der Waals surface area contributed by atoms with Crippen molar-refractivity contribution in [2.24, 2.45) is 17.4 Å². The molecule has 1 aliphatic heterocycles.